The summed E-state index contributed by atoms with van der Waals surface area (Å²) in [5.41, 5.74) is 18.3. The second kappa shape index (κ2) is 13.2. The molecule has 2 nitrogen and oxygen atoms in total. The molecule has 0 radical (unpaired) electrons. The SMILES string of the molecule is c1ccc(-c2ccc(N(c3ccc(-c4cccc(-n5c6ccccc6c6ccccc65)c4)cc3)c3ccc4c(c3)C3(c5ccccc5-4)C4CC5CC(C4)CC3C5)cc2)cc1. The average Bonchev–Trinajstić information content (AvgIpc) is 3.79. The molecule has 0 N–H and O–H groups in total. The van der Waals surface area contributed by atoms with Crippen LogP contribution in [0, 0.1) is 23.7 Å². The standard InChI is InChI=1S/C58H46N2/c1-2-11-40(12-3-1)41-21-25-46(26-22-41)59(49-29-30-51-50-15-4-7-18-54(50)58(55(51)37-49)44-32-38-31-39(34-44)35-45(58)33-38)47-27-23-42(24-28-47)43-13-10-14-48(36-43)60-56-19-8-5-16-52(56)53-17-6-9-20-57(53)60/h1-30,36-39,44-45H,31-35H2. The zero-order valence-electron chi connectivity index (χ0n) is 33.7. The number of para-hydroxylation sites is 2. The van der Waals surface area contributed by atoms with E-state index >= 15 is 0 Å². The molecule has 60 heavy (non-hydrogen) atoms. The molecule has 8 aromatic carbocycles. The normalized spacial score (nSPS) is 22.1. The summed E-state index contributed by atoms with van der Waals surface area (Å²) in [5.74, 6) is 3.28. The zero-order chi connectivity index (χ0) is 39.4. The van der Waals surface area contributed by atoms with Gasteiger partial charge in [0.2, 0.25) is 0 Å². The van der Waals surface area contributed by atoms with Crippen molar-refractivity contribution < 1.29 is 0 Å². The van der Waals surface area contributed by atoms with Gasteiger partial charge in [0.15, 0.2) is 0 Å². The van der Waals surface area contributed by atoms with Crippen LogP contribution in [0.4, 0.5) is 17.1 Å². The molecule has 4 saturated carbocycles. The average molecular weight is 771 g/mol. The topological polar surface area (TPSA) is 8.17 Å². The highest BCUT2D eigenvalue weighted by Crippen LogP contribution is 2.69. The van der Waals surface area contributed by atoms with Crippen molar-refractivity contribution in [3.63, 3.8) is 0 Å². The van der Waals surface area contributed by atoms with Crippen molar-refractivity contribution in [2.75, 3.05) is 4.90 Å². The van der Waals surface area contributed by atoms with Crippen molar-refractivity contribution in [3.8, 4) is 39.1 Å². The number of hydrogen-bond donors (Lipinski definition) is 0. The molecule has 288 valence electrons. The first-order valence-electron chi connectivity index (χ1n) is 22.1. The molecular weight excluding hydrogens is 725 g/mol. The maximum Gasteiger partial charge on any atom is 0.0541 e. The fourth-order valence-electron chi connectivity index (χ4n) is 13.0. The van der Waals surface area contributed by atoms with Gasteiger partial charge in [-0.05, 0) is 161 Å². The zero-order valence-corrected chi connectivity index (χ0v) is 33.7. The lowest BCUT2D eigenvalue weighted by molar-refractivity contribution is -0.0399. The van der Waals surface area contributed by atoms with Crippen molar-refractivity contribution in [2.24, 2.45) is 23.7 Å². The van der Waals surface area contributed by atoms with Crippen LogP contribution in [-0.2, 0) is 5.41 Å². The highest BCUT2D eigenvalue weighted by molar-refractivity contribution is 6.09. The molecule has 2 heteroatoms. The lowest BCUT2D eigenvalue weighted by Gasteiger charge is -2.61. The Morgan fingerprint density at radius 2 is 0.900 bits per heavy atom. The summed E-state index contributed by atoms with van der Waals surface area (Å²) < 4.78 is 2.41. The van der Waals surface area contributed by atoms with Crippen LogP contribution in [-0.4, -0.2) is 4.57 Å². The molecule has 9 aromatic rings. The van der Waals surface area contributed by atoms with Gasteiger partial charge in [-0.3, -0.25) is 0 Å². The van der Waals surface area contributed by atoms with E-state index in [2.05, 4.69) is 204 Å². The molecule has 5 aliphatic rings. The molecule has 0 saturated heterocycles. The number of aromatic nitrogens is 1. The lowest BCUT2D eigenvalue weighted by atomic mass is 9.43. The van der Waals surface area contributed by atoms with Gasteiger partial charge in [0.1, 0.15) is 0 Å². The van der Waals surface area contributed by atoms with Crippen molar-refractivity contribution in [3.05, 3.63) is 205 Å². The van der Waals surface area contributed by atoms with E-state index in [1.54, 1.807) is 11.1 Å². The minimum atomic E-state index is 0.115. The molecule has 0 unspecified atom stereocenters. The Morgan fingerprint density at radius 1 is 0.383 bits per heavy atom. The molecular formula is C58H46N2. The van der Waals surface area contributed by atoms with Crippen molar-refractivity contribution in [2.45, 2.75) is 37.5 Å². The van der Waals surface area contributed by atoms with Gasteiger partial charge in [-0.25, -0.2) is 0 Å². The smallest absolute Gasteiger partial charge is 0.0541 e. The number of hydrogen-bond acceptors (Lipinski definition) is 1. The van der Waals surface area contributed by atoms with Gasteiger partial charge in [0, 0.05) is 38.9 Å². The van der Waals surface area contributed by atoms with Crippen LogP contribution in [0.15, 0.2) is 194 Å². The van der Waals surface area contributed by atoms with Gasteiger partial charge in [-0.1, -0.05) is 133 Å². The van der Waals surface area contributed by atoms with Gasteiger partial charge in [-0.15, -0.1) is 0 Å². The van der Waals surface area contributed by atoms with E-state index in [1.807, 2.05) is 0 Å². The molecule has 1 aromatic heterocycles. The minimum absolute atomic E-state index is 0.115. The molecule has 1 spiro atoms. The Bertz CT molecular complexity index is 3020. The van der Waals surface area contributed by atoms with E-state index in [-0.39, 0.29) is 5.41 Å². The summed E-state index contributed by atoms with van der Waals surface area (Å²) in [6.07, 6.45) is 7.00. The van der Waals surface area contributed by atoms with Crippen molar-refractivity contribution in [1.82, 2.24) is 4.57 Å². The molecule has 1 heterocycles. The molecule has 5 aliphatic carbocycles. The van der Waals surface area contributed by atoms with Gasteiger partial charge in [-0.2, -0.15) is 0 Å². The second-order valence-corrected chi connectivity index (χ2v) is 18.2. The van der Waals surface area contributed by atoms with E-state index in [4.69, 9.17) is 0 Å². The maximum atomic E-state index is 2.62. The summed E-state index contributed by atoms with van der Waals surface area (Å²) in [7, 11) is 0. The van der Waals surface area contributed by atoms with Crippen LogP contribution in [0.3, 0.4) is 0 Å². The van der Waals surface area contributed by atoms with E-state index in [1.165, 1.54) is 110 Å². The summed E-state index contributed by atoms with van der Waals surface area (Å²) >= 11 is 0. The van der Waals surface area contributed by atoms with Gasteiger partial charge >= 0.3 is 0 Å². The van der Waals surface area contributed by atoms with Crippen LogP contribution in [0.25, 0.3) is 60.9 Å². The maximum absolute atomic E-state index is 2.62. The minimum Gasteiger partial charge on any atom is -0.310 e. The highest BCUT2D eigenvalue weighted by Gasteiger charge is 2.61. The Hall–Kier alpha value is -6.64. The van der Waals surface area contributed by atoms with E-state index < -0.39 is 0 Å². The predicted molar refractivity (Wildman–Crippen MR) is 250 cm³/mol. The van der Waals surface area contributed by atoms with Crippen LogP contribution < -0.4 is 4.90 Å². The molecule has 0 atom stereocenters. The lowest BCUT2D eigenvalue weighted by Crippen LogP contribution is -2.55. The second-order valence-electron chi connectivity index (χ2n) is 18.2. The van der Waals surface area contributed by atoms with Gasteiger partial charge in [0.05, 0.1) is 11.0 Å². The van der Waals surface area contributed by atoms with E-state index in [9.17, 15) is 0 Å². The summed E-state index contributed by atoms with van der Waals surface area (Å²) in [5, 5.41) is 2.56. The van der Waals surface area contributed by atoms with Gasteiger partial charge < -0.3 is 9.47 Å². The number of rotatable bonds is 6. The van der Waals surface area contributed by atoms with Crippen molar-refractivity contribution in [1.29, 1.82) is 0 Å². The first kappa shape index (κ1) is 34.2. The monoisotopic (exact) mass is 770 g/mol. The van der Waals surface area contributed by atoms with Crippen molar-refractivity contribution >= 4 is 38.9 Å². The third kappa shape index (κ3) is 5.00. The van der Waals surface area contributed by atoms with E-state index in [0.717, 1.165) is 23.7 Å². The predicted octanol–water partition coefficient (Wildman–Crippen LogP) is 15.3. The highest BCUT2D eigenvalue weighted by atomic mass is 15.1. The molecule has 4 fully saturated rings. The van der Waals surface area contributed by atoms with Crippen LogP contribution in [0.5, 0.6) is 0 Å². The summed E-state index contributed by atoms with van der Waals surface area (Å²) in [6.45, 7) is 0. The molecule has 4 bridgehead atoms. The fourth-order valence-corrected chi connectivity index (χ4v) is 13.0. The Morgan fingerprint density at radius 3 is 1.57 bits per heavy atom. The van der Waals surface area contributed by atoms with Crippen LogP contribution in [0.1, 0.15) is 43.2 Å². The van der Waals surface area contributed by atoms with E-state index in [0.29, 0.717) is 0 Å². The quantitative estimate of drug-likeness (QED) is 0.163. The Balaban J connectivity index is 0.929. The largest absolute Gasteiger partial charge is 0.310 e. The Kier molecular flexibility index (Phi) is 7.52. The summed E-state index contributed by atoms with van der Waals surface area (Å²) in [6, 6.07) is 72.7. The number of anilines is 3. The Labute approximate surface area is 352 Å². The first-order valence-corrected chi connectivity index (χ1v) is 22.1. The van der Waals surface area contributed by atoms with Crippen LogP contribution >= 0.6 is 0 Å². The third-order valence-electron chi connectivity index (χ3n) is 15.2. The number of fused-ring (bicyclic) bond motifs is 6. The van der Waals surface area contributed by atoms with Gasteiger partial charge in [0.25, 0.3) is 0 Å². The number of nitrogens with zero attached hydrogens (tertiary/aromatic N) is 2. The third-order valence-corrected chi connectivity index (χ3v) is 15.2. The molecule has 0 amide bonds. The first-order chi connectivity index (χ1) is 29.7. The number of benzene rings is 8. The molecule has 0 aliphatic heterocycles. The van der Waals surface area contributed by atoms with Crippen LogP contribution in [0.2, 0.25) is 0 Å². The fraction of sp³-hybridized carbons (Fsp3) is 0.172. The summed E-state index contributed by atoms with van der Waals surface area (Å²) in [4.78, 5) is 2.50. The molecule has 14 rings (SSSR count).